The quantitative estimate of drug-likeness (QED) is 0.521. The minimum absolute atomic E-state index is 0.0158. The molecular weight excluding hydrogens is 404 g/mol. The highest BCUT2D eigenvalue weighted by Crippen LogP contribution is 2.19. The second-order valence-electron chi connectivity index (χ2n) is 6.52. The second-order valence-corrected chi connectivity index (χ2v) is 7.44. The van der Waals surface area contributed by atoms with E-state index in [0.717, 1.165) is 35.1 Å². The zero-order chi connectivity index (χ0) is 19.1. The van der Waals surface area contributed by atoms with Gasteiger partial charge < -0.3 is 5.32 Å². The van der Waals surface area contributed by atoms with E-state index in [1.165, 1.54) is 5.56 Å². The summed E-state index contributed by atoms with van der Waals surface area (Å²) in [5, 5.41) is 10.2. The Balaban J connectivity index is 1.54. The Bertz CT molecular complexity index is 861. The van der Waals surface area contributed by atoms with E-state index in [2.05, 4.69) is 48.6 Å². The molecule has 0 bridgehead atoms. The molecule has 27 heavy (non-hydrogen) atoms. The van der Waals surface area contributed by atoms with Crippen LogP contribution in [0.15, 0.2) is 59.1 Å². The monoisotopic (exact) mass is 426 g/mol. The van der Waals surface area contributed by atoms with Crippen molar-refractivity contribution in [2.45, 2.75) is 38.6 Å². The summed E-state index contributed by atoms with van der Waals surface area (Å²) in [6, 6.07) is 17.8. The number of amides is 1. The molecular formula is C21H23BrN4O. The van der Waals surface area contributed by atoms with Gasteiger partial charge >= 0.3 is 0 Å². The summed E-state index contributed by atoms with van der Waals surface area (Å²) < 4.78 is 1.08. The summed E-state index contributed by atoms with van der Waals surface area (Å²) in [7, 11) is 0. The standard InChI is InChI=1S/C21H23BrN4O/c1-15-23-21(26-25-15)20(17-8-3-2-4-9-17)24-19(27)10-6-5-7-16-11-13-18(22)14-12-16/h2-4,8-9,11-14,20H,5-7,10H2,1H3,(H,24,27)(H,23,25,26). The molecule has 6 heteroatoms. The lowest BCUT2D eigenvalue weighted by Gasteiger charge is -2.16. The zero-order valence-corrected chi connectivity index (χ0v) is 16.9. The molecule has 0 fully saturated rings. The molecule has 0 spiro atoms. The Morgan fingerprint density at radius 2 is 1.85 bits per heavy atom. The van der Waals surface area contributed by atoms with Crippen molar-refractivity contribution in [1.29, 1.82) is 0 Å². The molecule has 0 aliphatic carbocycles. The summed E-state index contributed by atoms with van der Waals surface area (Å²) in [4.78, 5) is 16.9. The van der Waals surface area contributed by atoms with E-state index < -0.39 is 0 Å². The number of halogens is 1. The molecule has 0 saturated heterocycles. The van der Waals surface area contributed by atoms with Crippen LogP contribution in [0.4, 0.5) is 0 Å². The van der Waals surface area contributed by atoms with Crippen molar-refractivity contribution < 1.29 is 4.79 Å². The lowest BCUT2D eigenvalue weighted by molar-refractivity contribution is -0.121. The third-order valence-corrected chi connectivity index (χ3v) is 4.87. The van der Waals surface area contributed by atoms with E-state index >= 15 is 0 Å². The van der Waals surface area contributed by atoms with Gasteiger partial charge in [0.1, 0.15) is 11.9 Å². The first-order valence-corrected chi connectivity index (χ1v) is 9.89. The van der Waals surface area contributed by atoms with Crippen molar-refractivity contribution in [1.82, 2.24) is 20.5 Å². The molecule has 0 aliphatic rings. The molecule has 5 nitrogen and oxygen atoms in total. The summed E-state index contributed by atoms with van der Waals surface area (Å²) in [6.07, 6.45) is 3.29. The molecule has 140 valence electrons. The van der Waals surface area contributed by atoms with Crippen molar-refractivity contribution >= 4 is 21.8 Å². The number of nitrogens with zero attached hydrogens (tertiary/aromatic N) is 2. The molecule has 2 N–H and O–H groups in total. The fourth-order valence-corrected chi connectivity index (χ4v) is 3.19. The van der Waals surface area contributed by atoms with E-state index in [1.807, 2.05) is 49.4 Å². The minimum Gasteiger partial charge on any atom is -0.342 e. The summed E-state index contributed by atoms with van der Waals surface area (Å²) >= 11 is 3.44. The average Bonchev–Trinajstić information content (AvgIpc) is 3.11. The van der Waals surface area contributed by atoms with Gasteiger partial charge in [-0.05, 0) is 49.4 Å². The van der Waals surface area contributed by atoms with Crippen LogP contribution in [0.25, 0.3) is 0 Å². The van der Waals surface area contributed by atoms with E-state index in [9.17, 15) is 4.79 Å². The first-order valence-electron chi connectivity index (χ1n) is 9.09. The van der Waals surface area contributed by atoms with Crippen molar-refractivity contribution in [3.05, 3.63) is 81.8 Å². The average molecular weight is 427 g/mol. The normalized spacial score (nSPS) is 11.9. The van der Waals surface area contributed by atoms with Crippen LogP contribution in [-0.4, -0.2) is 21.1 Å². The van der Waals surface area contributed by atoms with Crippen molar-refractivity contribution in [3.8, 4) is 0 Å². The van der Waals surface area contributed by atoms with Gasteiger partial charge in [0, 0.05) is 10.9 Å². The number of carbonyl (C=O) groups is 1. The highest BCUT2D eigenvalue weighted by atomic mass is 79.9. The highest BCUT2D eigenvalue weighted by Gasteiger charge is 2.20. The Hall–Kier alpha value is -2.47. The smallest absolute Gasteiger partial charge is 0.220 e. The van der Waals surface area contributed by atoms with Crippen LogP contribution in [0, 0.1) is 6.92 Å². The SMILES string of the molecule is Cc1nc(C(NC(=O)CCCCc2ccc(Br)cc2)c2ccccc2)n[nH]1. The predicted octanol–water partition coefficient (Wildman–Crippen LogP) is 4.49. The Kier molecular flexibility index (Phi) is 6.76. The van der Waals surface area contributed by atoms with Gasteiger partial charge in [0.05, 0.1) is 0 Å². The van der Waals surface area contributed by atoms with Crippen molar-refractivity contribution in [3.63, 3.8) is 0 Å². The minimum atomic E-state index is -0.338. The number of benzene rings is 2. The molecule has 3 aromatic rings. The van der Waals surface area contributed by atoms with Crippen LogP contribution in [0.5, 0.6) is 0 Å². The number of H-pyrrole nitrogens is 1. The molecule has 0 saturated carbocycles. The number of nitrogens with one attached hydrogen (secondary N) is 2. The van der Waals surface area contributed by atoms with Gasteiger partial charge in [-0.15, -0.1) is 0 Å². The number of unbranched alkanes of at least 4 members (excludes halogenated alkanes) is 1. The number of aromatic amines is 1. The molecule has 3 rings (SSSR count). The summed E-state index contributed by atoms with van der Waals surface area (Å²) in [6.45, 7) is 1.85. The van der Waals surface area contributed by atoms with Crippen molar-refractivity contribution in [2.24, 2.45) is 0 Å². The topological polar surface area (TPSA) is 70.7 Å². The van der Waals surface area contributed by atoms with E-state index in [1.54, 1.807) is 0 Å². The van der Waals surface area contributed by atoms with E-state index in [4.69, 9.17) is 0 Å². The maximum atomic E-state index is 12.5. The van der Waals surface area contributed by atoms with E-state index in [-0.39, 0.29) is 11.9 Å². The van der Waals surface area contributed by atoms with Crippen LogP contribution in [0.3, 0.4) is 0 Å². The molecule has 1 unspecified atom stereocenters. The molecule has 1 atom stereocenters. The molecule has 1 amide bonds. The van der Waals surface area contributed by atoms with Crippen LogP contribution in [0.1, 0.15) is 48.1 Å². The zero-order valence-electron chi connectivity index (χ0n) is 15.3. The van der Waals surface area contributed by atoms with Gasteiger partial charge in [0.25, 0.3) is 0 Å². The molecule has 1 aromatic heterocycles. The first-order chi connectivity index (χ1) is 13.1. The maximum Gasteiger partial charge on any atom is 0.220 e. The number of aromatic nitrogens is 3. The highest BCUT2D eigenvalue weighted by molar-refractivity contribution is 9.10. The third-order valence-electron chi connectivity index (χ3n) is 4.34. The van der Waals surface area contributed by atoms with Crippen LogP contribution < -0.4 is 5.32 Å². The van der Waals surface area contributed by atoms with Crippen molar-refractivity contribution in [2.75, 3.05) is 0 Å². The second kappa shape index (κ2) is 9.46. The number of rotatable bonds is 8. The van der Waals surface area contributed by atoms with Crippen LogP contribution in [0.2, 0.25) is 0 Å². The number of hydrogen-bond acceptors (Lipinski definition) is 3. The fourth-order valence-electron chi connectivity index (χ4n) is 2.93. The first kappa shape index (κ1) is 19.3. The maximum absolute atomic E-state index is 12.5. The lowest BCUT2D eigenvalue weighted by Crippen LogP contribution is -2.30. The molecule has 0 radical (unpaired) electrons. The summed E-state index contributed by atoms with van der Waals surface area (Å²) in [5.74, 6) is 1.33. The van der Waals surface area contributed by atoms with Gasteiger partial charge in [0.15, 0.2) is 5.82 Å². The largest absolute Gasteiger partial charge is 0.342 e. The number of carbonyl (C=O) groups excluding carboxylic acids is 1. The van der Waals surface area contributed by atoms with Gasteiger partial charge in [-0.1, -0.05) is 58.4 Å². The predicted molar refractivity (Wildman–Crippen MR) is 109 cm³/mol. The van der Waals surface area contributed by atoms with Gasteiger partial charge in [-0.2, -0.15) is 5.10 Å². The lowest BCUT2D eigenvalue weighted by atomic mass is 10.0. The fraction of sp³-hybridized carbons (Fsp3) is 0.286. The van der Waals surface area contributed by atoms with Gasteiger partial charge in [-0.3, -0.25) is 9.89 Å². The Labute approximate surface area is 167 Å². The van der Waals surface area contributed by atoms with E-state index in [0.29, 0.717) is 12.2 Å². The van der Waals surface area contributed by atoms with Gasteiger partial charge in [0.2, 0.25) is 5.91 Å². The van der Waals surface area contributed by atoms with Gasteiger partial charge in [-0.25, -0.2) is 4.98 Å². The molecule has 0 aliphatic heterocycles. The Morgan fingerprint density at radius 3 is 2.52 bits per heavy atom. The third kappa shape index (κ3) is 5.76. The molecule has 2 aromatic carbocycles. The van der Waals surface area contributed by atoms with Crippen LogP contribution in [-0.2, 0) is 11.2 Å². The summed E-state index contributed by atoms with van der Waals surface area (Å²) in [5.41, 5.74) is 2.26. The molecule has 1 heterocycles. The number of aryl methyl sites for hydroxylation is 2. The van der Waals surface area contributed by atoms with Crippen LogP contribution >= 0.6 is 15.9 Å². The Morgan fingerprint density at radius 1 is 1.11 bits per heavy atom. The number of hydrogen-bond donors (Lipinski definition) is 2.